The lowest BCUT2D eigenvalue weighted by Crippen LogP contribution is -2.41. The highest BCUT2D eigenvalue weighted by molar-refractivity contribution is 6.32. The summed E-state index contributed by atoms with van der Waals surface area (Å²) in [5, 5.41) is 13.1. The van der Waals surface area contributed by atoms with Crippen molar-refractivity contribution in [1.82, 2.24) is 10.2 Å². The van der Waals surface area contributed by atoms with Gasteiger partial charge in [-0.3, -0.25) is 4.79 Å². The molecule has 1 atom stereocenters. The van der Waals surface area contributed by atoms with E-state index in [4.69, 9.17) is 16.3 Å². The number of amides is 1. The van der Waals surface area contributed by atoms with Crippen molar-refractivity contribution in [2.24, 2.45) is 0 Å². The molecule has 2 aromatic rings. The molecule has 0 spiro atoms. The van der Waals surface area contributed by atoms with Crippen LogP contribution in [0.3, 0.4) is 0 Å². The minimum Gasteiger partial charge on any atom is -0.508 e. The number of hydrogen-bond donors (Lipinski definition) is 2. The van der Waals surface area contributed by atoms with Gasteiger partial charge in [0.15, 0.2) is 0 Å². The molecule has 2 N–H and O–H groups in total. The lowest BCUT2D eigenvalue weighted by Gasteiger charge is -2.26. The van der Waals surface area contributed by atoms with E-state index in [-0.39, 0.29) is 17.7 Å². The monoisotopic (exact) mass is 390 g/mol. The maximum atomic E-state index is 12.5. The number of phenolic OH excluding ortho intramolecular Hbond substituents is 1. The number of likely N-dealkylation sites (N-methyl/N-ethyl adjacent to an activating group) is 1. The maximum absolute atomic E-state index is 12.5. The molecule has 27 heavy (non-hydrogen) atoms. The van der Waals surface area contributed by atoms with Crippen LogP contribution in [0.1, 0.15) is 27.0 Å². The van der Waals surface area contributed by atoms with Crippen molar-refractivity contribution < 1.29 is 14.6 Å². The molecule has 0 fully saturated rings. The normalized spacial score (nSPS) is 12.1. The summed E-state index contributed by atoms with van der Waals surface area (Å²) in [6.45, 7) is 4.48. The molecule has 1 amide bonds. The first-order chi connectivity index (χ1) is 12.7. The van der Waals surface area contributed by atoms with Gasteiger partial charge in [0.05, 0.1) is 12.1 Å². The summed E-state index contributed by atoms with van der Waals surface area (Å²) in [5.74, 6) is 0.642. The SMILES string of the molecule is COc1ccc(C(=O)NC[C@H](Cc2c(C)cc(O)cc2C)N(C)C)cc1Cl. The van der Waals surface area contributed by atoms with E-state index in [1.165, 1.54) is 12.7 Å². The molecule has 5 nitrogen and oxygen atoms in total. The van der Waals surface area contributed by atoms with E-state index in [1.54, 1.807) is 30.3 Å². The van der Waals surface area contributed by atoms with E-state index in [1.807, 2.05) is 27.9 Å². The highest BCUT2D eigenvalue weighted by Crippen LogP contribution is 2.25. The van der Waals surface area contributed by atoms with Crippen LogP contribution in [0.15, 0.2) is 30.3 Å². The number of ether oxygens (including phenoxy) is 1. The third-order valence-electron chi connectivity index (χ3n) is 4.76. The van der Waals surface area contributed by atoms with Crippen LogP contribution < -0.4 is 10.1 Å². The summed E-state index contributed by atoms with van der Waals surface area (Å²) < 4.78 is 5.12. The van der Waals surface area contributed by atoms with Crippen LogP contribution in [-0.2, 0) is 6.42 Å². The molecule has 0 saturated carbocycles. The zero-order valence-corrected chi connectivity index (χ0v) is 17.2. The van der Waals surface area contributed by atoms with Crippen molar-refractivity contribution >= 4 is 17.5 Å². The lowest BCUT2D eigenvalue weighted by atomic mass is 9.95. The first kappa shape index (κ1) is 21.1. The molecular formula is C21H27ClN2O3. The Kier molecular flexibility index (Phi) is 7.11. The quantitative estimate of drug-likeness (QED) is 0.758. The fraction of sp³-hybridized carbons (Fsp3) is 0.381. The van der Waals surface area contributed by atoms with Gasteiger partial charge in [-0.2, -0.15) is 0 Å². The molecule has 2 rings (SSSR count). The largest absolute Gasteiger partial charge is 0.508 e. The third-order valence-corrected chi connectivity index (χ3v) is 5.06. The van der Waals surface area contributed by atoms with Crippen LogP contribution in [0.4, 0.5) is 0 Å². The van der Waals surface area contributed by atoms with Crippen molar-refractivity contribution in [1.29, 1.82) is 0 Å². The Balaban J connectivity index is 2.09. The third kappa shape index (κ3) is 5.37. The number of carbonyl (C=O) groups excluding carboxylic acids is 1. The van der Waals surface area contributed by atoms with Gasteiger partial charge < -0.3 is 20.1 Å². The van der Waals surface area contributed by atoms with Gasteiger partial charge in [0.2, 0.25) is 0 Å². The zero-order chi connectivity index (χ0) is 20.1. The molecule has 0 aliphatic rings. The summed E-state index contributed by atoms with van der Waals surface area (Å²) >= 11 is 6.11. The lowest BCUT2D eigenvalue weighted by molar-refractivity contribution is 0.0941. The number of aromatic hydroxyl groups is 1. The predicted molar refractivity (Wildman–Crippen MR) is 109 cm³/mol. The van der Waals surface area contributed by atoms with E-state index in [0.29, 0.717) is 22.9 Å². The Labute approximate surface area is 165 Å². The minimum absolute atomic E-state index is 0.115. The average molecular weight is 391 g/mol. The Hall–Kier alpha value is -2.24. The molecule has 0 heterocycles. The molecule has 0 aliphatic heterocycles. The van der Waals surface area contributed by atoms with Crippen molar-refractivity contribution in [3.05, 3.63) is 57.6 Å². The van der Waals surface area contributed by atoms with Crippen LogP contribution in [-0.4, -0.2) is 49.7 Å². The highest BCUT2D eigenvalue weighted by Gasteiger charge is 2.17. The number of benzene rings is 2. The fourth-order valence-corrected chi connectivity index (χ4v) is 3.34. The van der Waals surface area contributed by atoms with Gasteiger partial charge in [0.25, 0.3) is 5.91 Å². The van der Waals surface area contributed by atoms with Crippen molar-refractivity contribution in [2.45, 2.75) is 26.3 Å². The summed E-state index contributed by atoms with van der Waals surface area (Å²) in [7, 11) is 5.52. The highest BCUT2D eigenvalue weighted by atomic mass is 35.5. The summed E-state index contributed by atoms with van der Waals surface area (Å²) in [4.78, 5) is 14.6. The molecule has 0 radical (unpaired) electrons. The van der Waals surface area contributed by atoms with Crippen LogP contribution in [0, 0.1) is 13.8 Å². The first-order valence-electron chi connectivity index (χ1n) is 8.80. The molecule has 0 bridgehead atoms. The number of halogens is 1. The number of hydrogen-bond acceptors (Lipinski definition) is 4. The average Bonchev–Trinajstić information content (AvgIpc) is 2.59. The number of methoxy groups -OCH3 is 1. The number of rotatable bonds is 7. The van der Waals surface area contributed by atoms with Gasteiger partial charge >= 0.3 is 0 Å². The van der Waals surface area contributed by atoms with Gasteiger partial charge in [-0.1, -0.05) is 11.6 Å². The fourth-order valence-electron chi connectivity index (χ4n) is 3.09. The van der Waals surface area contributed by atoms with E-state index in [9.17, 15) is 9.90 Å². The van der Waals surface area contributed by atoms with E-state index in [2.05, 4.69) is 10.2 Å². The molecule has 0 saturated heterocycles. The van der Waals surface area contributed by atoms with E-state index in [0.717, 1.165) is 17.5 Å². The number of phenols is 1. The second-order valence-electron chi connectivity index (χ2n) is 6.94. The van der Waals surface area contributed by atoms with Crippen LogP contribution >= 0.6 is 11.6 Å². The van der Waals surface area contributed by atoms with Gasteiger partial charge in [-0.15, -0.1) is 0 Å². The standard InChI is InChI=1S/C21H27ClN2O3/c1-13-8-17(25)9-14(2)18(13)11-16(24(3)4)12-23-21(26)15-6-7-20(27-5)19(22)10-15/h6-10,16,25H,11-12H2,1-5H3,(H,23,26)/t16-/m0/s1. The topological polar surface area (TPSA) is 61.8 Å². The Morgan fingerprint density at radius 1 is 1.22 bits per heavy atom. The molecule has 2 aromatic carbocycles. The second kappa shape index (κ2) is 9.11. The summed E-state index contributed by atoms with van der Waals surface area (Å²) in [6.07, 6.45) is 0.772. The second-order valence-corrected chi connectivity index (χ2v) is 7.35. The number of aryl methyl sites for hydroxylation is 2. The number of nitrogens with one attached hydrogen (secondary N) is 1. The van der Waals surface area contributed by atoms with Crippen molar-refractivity contribution in [2.75, 3.05) is 27.7 Å². The smallest absolute Gasteiger partial charge is 0.251 e. The maximum Gasteiger partial charge on any atom is 0.251 e. The molecular weight excluding hydrogens is 364 g/mol. The van der Waals surface area contributed by atoms with Crippen LogP contribution in [0.2, 0.25) is 5.02 Å². The molecule has 6 heteroatoms. The van der Waals surface area contributed by atoms with Gasteiger partial charge in [0, 0.05) is 18.2 Å². The Bertz CT molecular complexity index is 798. The van der Waals surface area contributed by atoms with Crippen LogP contribution in [0.25, 0.3) is 0 Å². The Morgan fingerprint density at radius 2 is 1.85 bits per heavy atom. The summed E-state index contributed by atoms with van der Waals surface area (Å²) in [6, 6.07) is 8.64. The van der Waals surface area contributed by atoms with Crippen molar-refractivity contribution in [3.8, 4) is 11.5 Å². The number of carbonyl (C=O) groups is 1. The van der Waals surface area contributed by atoms with Crippen LogP contribution in [0.5, 0.6) is 11.5 Å². The minimum atomic E-state index is -0.175. The molecule has 0 unspecified atom stereocenters. The number of nitrogens with zero attached hydrogens (tertiary/aromatic N) is 1. The molecule has 0 aromatic heterocycles. The van der Waals surface area contributed by atoms with Gasteiger partial charge in [-0.05, 0) is 81.4 Å². The zero-order valence-electron chi connectivity index (χ0n) is 16.5. The Morgan fingerprint density at radius 3 is 2.37 bits per heavy atom. The van der Waals surface area contributed by atoms with E-state index >= 15 is 0 Å². The molecule has 146 valence electrons. The van der Waals surface area contributed by atoms with Gasteiger partial charge in [0.1, 0.15) is 11.5 Å². The first-order valence-corrected chi connectivity index (χ1v) is 9.18. The molecule has 0 aliphatic carbocycles. The van der Waals surface area contributed by atoms with Crippen molar-refractivity contribution in [3.63, 3.8) is 0 Å². The summed E-state index contributed by atoms with van der Waals surface area (Å²) in [5.41, 5.74) is 3.78. The van der Waals surface area contributed by atoms with Gasteiger partial charge in [-0.25, -0.2) is 0 Å². The predicted octanol–water partition coefficient (Wildman–Crippen LogP) is 3.57. The van der Waals surface area contributed by atoms with E-state index < -0.39 is 0 Å².